The maximum absolute atomic E-state index is 12.2. The standard InChI is InChI=1S/C16H16N4O2S/c1-19-7-3-5-12(16(19)22)15(21)17-10-11-9-13(20(2)18-11)14-6-4-8-23-14/h3-9H,10H2,1-2H3,(H,17,21). The molecule has 118 valence electrons. The van der Waals surface area contributed by atoms with Crippen molar-refractivity contribution in [2.45, 2.75) is 6.54 Å². The molecule has 23 heavy (non-hydrogen) atoms. The van der Waals surface area contributed by atoms with Crippen molar-refractivity contribution >= 4 is 17.2 Å². The topological polar surface area (TPSA) is 68.9 Å². The van der Waals surface area contributed by atoms with E-state index in [1.165, 1.54) is 10.6 Å². The maximum Gasteiger partial charge on any atom is 0.263 e. The van der Waals surface area contributed by atoms with Gasteiger partial charge in [-0.15, -0.1) is 11.3 Å². The van der Waals surface area contributed by atoms with Crippen LogP contribution in [0.25, 0.3) is 10.6 Å². The molecule has 7 heteroatoms. The molecule has 0 saturated heterocycles. The summed E-state index contributed by atoms with van der Waals surface area (Å²) in [4.78, 5) is 25.2. The van der Waals surface area contributed by atoms with E-state index in [2.05, 4.69) is 10.4 Å². The van der Waals surface area contributed by atoms with Crippen molar-refractivity contribution < 1.29 is 4.79 Å². The lowest BCUT2D eigenvalue weighted by Gasteiger charge is -2.04. The van der Waals surface area contributed by atoms with Crippen molar-refractivity contribution in [3.63, 3.8) is 0 Å². The average molecular weight is 328 g/mol. The smallest absolute Gasteiger partial charge is 0.263 e. The summed E-state index contributed by atoms with van der Waals surface area (Å²) in [6.07, 6.45) is 1.62. The molecule has 0 aliphatic heterocycles. The van der Waals surface area contributed by atoms with Gasteiger partial charge in [-0.05, 0) is 29.6 Å². The molecule has 0 aliphatic rings. The summed E-state index contributed by atoms with van der Waals surface area (Å²) in [5.74, 6) is -0.394. The molecule has 3 aromatic heterocycles. The molecule has 0 atom stereocenters. The highest BCUT2D eigenvalue weighted by atomic mass is 32.1. The number of nitrogens with zero attached hydrogens (tertiary/aromatic N) is 3. The third kappa shape index (κ3) is 3.09. The molecule has 1 N–H and O–H groups in total. The second-order valence-electron chi connectivity index (χ2n) is 5.14. The Morgan fingerprint density at radius 1 is 1.30 bits per heavy atom. The van der Waals surface area contributed by atoms with E-state index in [0.29, 0.717) is 0 Å². The van der Waals surface area contributed by atoms with Crippen LogP contribution in [0.5, 0.6) is 0 Å². The Balaban J connectivity index is 1.74. The molecule has 0 fully saturated rings. The number of thiophene rings is 1. The summed E-state index contributed by atoms with van der Waals surface area (Å²) in [5.41, 5.74) is 1.56. The van der Waals surface area contributed by atoms with Crippen LogP contribution in [0.3, 0.4) is 0 Å². The Morgan fingerprint density at radius 3 is 2.87 bits per heavy atom. The predicted octanol–water partition coefficient (Wildman–Crippen LogP) is 1.78. The van der Waals surface area contributed by atoms with Gasteiger partial charge in [0.2, 0.25) is 0 Å². The summed E-state index contributed by atoms with van der Waals surface area (Å²) < 4.78 is 3.17. The first-order chi connectivity index (χ1) is 11.1. The fourth-order valence-corrected chi connectivity index (χ4v) is 3.08. The summed E-state index contributed by atoms with van der Waals surface area (Å²) in [7, 11) is 3.48. The van der Waals surface area contributed by atoms with Crippen LogP contribution in [0.4, 0.5) is 0 Å². The number of nitrogens with one attached hydrogen (secondary N) is 1. The third-order valence-electron chi connectivity index (χ3n) is 3.50. The first-order valence-corrected chi connectivity index (χ1v) is 7.95. The Morgan fingerprint density at radius 2 is 2.13 bits per heavy atom. The Bertz CT molecular complexity index is 893. The lowest BCUT2D eigenvalue weighted by Crippen LogP contribution is -2.31. The number of hydrogen-bond donors (Lipinski definition) is 1. The van der Waals surface area contributed by atoms with E-state index in [9.17, 15) is 9.59 Å². The van der Waals surface area contributed by atoms with Crippen LogP contribution in [0, 0.1) is 0 Å². The molecule has 3 heterocycles. The molecular formula is C16H16N4O2S. The lowest BCUT2D eigenvalue weighted by atomic mass is 10.2. The molecule has 1 amide bonds. The minimum atomic E-state index is -0.394. The molecule has 0 radical (unpaired) electrons. The van der Waals surface area contributed by atoms with Gasteiger partial charge in [0.1, 0.15) is 5.56 Å². The van der Waals surface area contributed by atoms with Crippen molar-refractivity contribution in [3.8, 4) is 10.6 Å². The number of aryl methyl sites for hydroxylation is 2. The summed E-state index contributed by atoms with van der Waals surface area (Å²) in [6.45, 7) is 0.274. The van der Waals surface area contributed by atoms with E-state index in [-0.39, 0.29) is 17.7 Å². The van der Waals surface area contributed by atoms with E-state index >= 15 is 0 Å². The van der Waals surface area contributed by atoms with Gasteiger partial charge in [0.25, 0.3) is 11.5 Å². The Kier molecular flexibility index (Phi) is 4.12. The van der Waals surface area contributed by atoms with Gasteiger partial charge in [0.05, 0.1) is 22.8 Å². The van der Waals surface area contributed by atoms with Crippen LogP contribution >= 0.6 is 11.3 Å². The van der Waals surface area contributed by atoms with Gasteiger partial charge in [-0.1, -0.05) is 6.07 Å². The number of carbonyl (C=O) groups is 1. The van der Waals surface area contributed by atoms with E-state index in [1.807, 2.05) is 30.6 Å². The monoisotopic (exact) mass is 328 g/mol. The van der Waals surface area contributed by atoms with E-state index in [0.717, 1.165) is 16.3 Å². The first-order valence-electron chi connectivity index (χ1n) is 7.07. The van der Waals surface area contributed by atoms with Gasteiger partial charge in [-0.2, -0.15) is 5.10 Å². The first kappa shape index (κ1) is 15.2. The molecule has 0 saturated carbocycles. The highest BCUT2D eigenvalue weighted by molar-refractivity contribution is 7.13. The van der Waals surface area contributed by atoms with Crippen LogP contribution in [0.15, 0.2) is 46.7 Å². The molecule has 3 aromatic rings. The molecule has 0 unspecified atom stereocenters. The molecule has 3 rings (SSSR count). The maximum atomic E-state index is 12.2. The minimum absolute atomic E-state index is 0.129. The van der Waals surface area contributed by atoms with E-state index in [4.69, 9.17) is 0 Å². The molecule has 0 aromatic carbocycles. The highest BCUT2D eigenvalue weighted by Gasteiger charge is 2.13. The van der Waals surface area contributed by atoms with E-state index in [1.54, 1.807) is 35.3 Å². The van der Waals surface area contributed by atoms with Crippen molar-refractivity contribution in [3.05, 3.63) is 63.5 Å². The average Bonchev–Trinajstić information content (AvgIpc) is 3.17. The van der Waals surface area contributed by atoms with Crippen molar-refractivity contribution in [2.75, 3.05) is 0 Å². The zero-order chi connectivity index (χ0) is 16.4. The van der Waals surface area contributed by atoms with Gasteiger partial charge >= 0.3 is 0 Å². The SMILES string of the molecule is Cn1nc(CNC(=O)c2cccn(C)c2=O)cc1-c1cccs1. The molecular weight excluding hydrogens is 312 g/mol. The summed E-state index contributed by atoms with van der Waals surface area (Å²) in [5, 5.41) is 9.15. The van der Waals surface area contributed by atoms with Crippen molar-refractivity contribution in [1.82, 2.24) is 19.7 Å². The number of aromatic nitrogens is 3. The zero-order valence-electron chi connectivity index (χ0n) is 12.8. The van der Waals surface area contributed by atoms with Crippen molar-refractivity contribution in [1.29, 1.82) is 0 Å². The second kappa shape index (κ2) is 6.21. The van der Waals surface area contributed by atoms with Gasteiger partial charge in [-0.25, -0.2) is 0 Å². The van der Waals surface area contributed by atoms with Gasteiger partial charge < -0.3 is 9.88 Å². The number of hydrogen-bond acceptors (Lipinski definition) is 4. The molecule has 6 nitrogen and oxygen atoms in total. The van der Waals surface area contributed by atoms with Crippen LogP contribution in [-0.2, 0) is 20.6 Å². The minimum Gasteiger partial charge on any atom is -0.346 e. The van der Waals surface area contributed by atoms with Crippen LogP contribution < -0.4 is 10.9 Å². The normalized spacial score (nSPS) is 10.7. The molecule has 0 aliphatic carbocycles. The second-order valence-corrected chi connectivity index (χ2v) is 6.09. The van der Waals surface area contributed by atoms with Crippen molar-refractivity contribution in [2.24, 2.45) is 14.1 Å². The fourth-order valence-electron chi connectivity index (χ4n) is 2.30. The van der Waals surface area contributed by atoms with Gasteiger partial charge in [0.15, 0.2) is 0 Å². The quantitative estimate of drug-likeness (QED) is 0.794. The Hall–Kier alpha value is -2.67. The van der Waals surface area contributed by atoms with Gasteiger partial charge in [-0.3, -0.25) is 14.3 Å². The fraction of sp³-hybridized carbons (Fsp3) is 0.188. The third-order valence-corrected chi connectivity index (χ3v) is 4.39. The van der Waals surface area contributed by atoms with Crippen LogP contribution in [0.1, 0.15) is 16.1 Å². The van der Waals surface area contributed by atoms with E-state index < -0.39 is 5.91 Å². The Labute approximate surface area is 137 Å². The van der Waals surface area contributed by atoms with Crippen LogP contribution in [-0.4, -0.2) is 20.3 Å². The number of amides is 1. The summed E-state index contributed by atoms with van der Waals surface area (Å²) >= 11 is 1.64. The predicted molar refractivity (Wildman–Crippen MR) is 89.4 cm³/mol. The molecule has 0 bridgehead atoms. The largest absolute Gasteiger partial charge is 0.346 e. The molecule has 0 spiro atoms. The summed E-state index contributed by atoms with van der Waals surface area (Å²) in [6, 6.07) is 9.14. The van der Waals surface area contributed by atoms with Crippen LogP contribution in [0.2, 0.25) is 0 Å². The number of rotatable bonds is 4. The number of pyridine rings is 1. The highest BCUT2D eigenvalue weighted by Crippen LogP contribution is 2.24. The number of carbonyl (C=O) groups excluding carboxylic acids is 1. The van der Waals surface area contributed by atoms with Gasteiger partial charge in [0, 0.05) is 20.3 Å². The zero-order valence-corrected chi connectivity index (χ0v) is 13.6. The lowest BCUT2D eigenvalue weighted by molar-refractivity contribution is 0.0948.